The average molecular weight is 351 g/mol. The Morgan fingerprint density at radius 3 is 1.58 bits per heavy atom. The Hall–Kier alpha value is -1.82. The van der Waals surface area contributed by atoms with Crippen LogP contribution in [-0.4, -0.2) is 0 Å². The molecule has 1 aromatic rings. The molecule has 0 saturated heterocycles. The predicted octanol–water partition coefficient (Wildman–Crippen LogP) is 8.37. The summed E-state index contributed by atoms with van der Waals surface area (Å²) in [7, 11) is 0. The zero-order valence-corrected chi connectivity index (χ0v) is 17.6. The number of rotatable bonds is 11. The molecule has 1 rings (SSSR count). The van der Waals surface area contributed by atoms with Gasteiger partial charge in [-0.05, 0) is 85.1 Å². The van der Waals surface area contributed by atoms with E-state index in [0.29, 0.717) is 0 Å². The first-order valence-electron chi connectivity index (χ1n) is 10.1. The first-order chi connectivity index (χ1) is 12.5. The fourth-order valence-corrected chi connectivity index (χ4v) is 2.89. The summed E-state index contributed by atoms with van der Waals surface area (Å²) in [4.78, 5) is 0. The van der Waals surface area contributed by atoms with Gasteiger partial charge in [0.2, 0.25) is 0 Å². The minimum absolute atomic E-state index is 1.05. The van der Waals surface area contributed by atoms with Gasteiger partial charge < -0.3 is 0 Å². The Labute approximate surface area is 162 Å². The molecule has 1 aromatic carbocycles. The van der Waals surface area contributed by atoms with Crippen molar-refractivity contribution >= 4 is 0 Å². The van der Waals surface area contributed by atoms with Crippen molar-refractivity contribution < 1.29 is 0 Å². The molecule has 0 nitrogen and oxygen atoms in total. The van der Waals surface area contributed by atoms with Crippen molar-refractivity contribution in [3.8, 4) is 0 Å². The van der Waals surface area contributed by atoms with Crippen LogP contribution in [0.5, 0.6) is 0 Å². The smallest absolute Gasteiger partial charge is 0.00949 e. The SMILES string of the molecule is CC(C)=CCCC(C)=CCCC(C)=CCCC(C)=CCc1ccccc1. The van der Waals surface area contributed by atoms with E-state index in [1.54, 1.807) is 0 Å². The summed E-state index contributed by atoms with van der Waals surface area (Å²) >= 11 is 0. The molecule has 0 spiro atoms. The Morgan fingerprint density at radius 2 is 1.08 bits per heavy atom. The van der Waals surface area contributed by atoms with Crippen LogP contribution in [0.15, 0.2) is 76.9 Å². The Kier molecular flexibility index (Phi) is 11.4. The van der Waals surface area contributed by atoms with Crippen LogP contribution in [-0.2, 0) is 6.42 Å². The van der Waals surface area contributed by atoms with Crippen molar-refractivity contribution in [3.05, 3.63) is 82.5 Å². The highest BCUT2D eigenvalue weighted by atomic mass is 14.0. The van der Waals surface area contributed by atoms with Gasteiger partial charge >= 0.3 is 0 Å². The van der Waals surface area contributed by atoms with E-state index in [-0.39, 0.29) is 0 Å². The maximum absolute atomic E-state index is 2.42. The Bertz CT molecular complexity index is 619. The molecule has 0 unspecified atom stereocenters. The van der Waals surface area contributed by atoms with Gasteiger partial charge in [-0.25, -0.2) is 0 Å². The standard InChI is InChI=1S/C26H38/c1-22(2)12-9-13-23(3)14-10-15-24(4)16-11-17-25(5)20-21-26-18-7-6-8-19-26/h6-8,12,14,16,18-20H,9-11,13,15,17,21H2,1-5H3. The minimum atomic E-state index is 1.05. The molecular formula is C26H38. The largest absolute Gasteiger partial charge is 0.0856 e. The maximum atomic E-state index is 2.42. The summed E-state index contributed by atoms with van der Waals surface area (Å²) in [6.45, 7) is 11.1. The highest BCUT2D eigenvalue weighted by Crippen LogP contribution is 2.14. The summed E-state index contributed by atoms with van der Waals surface area (Å²) in [5, 5.41) is 0. The lowest BCUT2D eigenvalue weighted by Crippen LogP contribution is -1.84. The van der Waals surface area contributed by atoms with Crippen molar-refractivity contribution in [1.82, 2.24) is 0 Å². The first-order valence-corrected chi connectivity index (χ1v) is 10.1. The zero-order valence-electron chi connectivity index (χ0n) is 17.6. The van der Waals surface area contributed by atoms with Gasteiger partial charge in [-0.1, -0.05) is 76.9 Å². The molecule has 0 saturated carbocycles. The molecule has 0 aliphatic carbocycles. The third-order valence-corrected chi connectivity index (χ3v) is 4.68. The highest BCUT2D eigenvalue weighted by Gasteiger charge is 1.94. The molecule has 0 radical (unpaired) electrons. The minimum Gasteiger partial charge on any atom is -0.0856 e. The molecule has 0 aliphatic heterocycles. The van der Waals surface area contributed by atoms with Crippen LogP contribution >= 0.6 is 0 Å². The van der Waals surface area contributed by atoms with Crippen molar-refractivity contribution in [3.63, 3.8) is 0 Å². The monoisotopic (exact) mass is 350 g/mol. The molecule has 0 aliphatic rings. The third kappa shape index (κ3) is 11.7. The van der Waals surface area contributed by atoms with Crippen LogP contribution in [0, 0.1) is 0 Å². The average Bonchev–Trinajstić information content (AvgIpc) is 2.60. The van der Waals surface area contributed by atoms with Crippen molar-refractivity contribution in [2.75, 3.05) is 0 Å². The van der Waals surface area contributed by atoms with Crippen molar-refractivity contribution in [1.29, 1.82) is 0 Å². The molecule has 0 N–H and O–H groups in total. The molecule has 0 amide bonds. The summed E-state index contributed by atoms with van der Waals surface area (Å²) < 4.78 is 0. The quantitative estimate of drug-likeness (QED) is 0.351. The van der Waals surface area contributed by atoms with E-state index in [4.69, 9.17) is 0 Å². The molecular weight excluding hydrogens is 312 g/mol. The third-order valence-electron chi connectivity index (χ3n) is 4.68. The van der Waals surface area contributed by atoms with Crippen LogP contribution in [0.4, 0.5) is 0 Å². The lowest BCUT2D eigenvalue weighted by Gasteiger charge is -2.03. The van der Waals surface area contributed by atoms with Crippen molar-refractivity contribution in [2.24, 2.45) is 0 Å². The van der Waals surface area contributed by atoms with E-state index in [1.165, 1.54) is 60.0 Å². The Balaban J connectivity index is 2.25. The Morgan fingerprint density at radius 1 is 0.615 bits per heavy atom. The van der Waals surface area contributed by atoms with Gasteiger partial charge in [0, 0.05) is 0 Å². The van der Waals surface area contributed by atoms with E-state index >= 15 is 0 Å². The molecule has 0 atom stereocenters. The number of hydrogen-bond acceptors (Lipinski definition) is 0. The lowest BCUT2D eigenvalue weighted by atomic mass is 10.0. The van der Waals surface area contributed by atoms with Crippen LogP contribution < -0.4 is 0 Å². The normalized spacial score (nSPS) is 13.0. The molecule has 142 valence electrons. The molecule has 0 heteroatoms. The fraction of sp³-hybridized carbons (Fsp3) is 0.462. The molecule has 26 heavy (non-hydrogen) atoms. The number of allylic oxidation sites excluding steroid dienone is 8. The second-order valence-corrected chi connectivity index (χ2v) is 7.74. The van der Waals surface area contributed by atoms with Crippen LogP contribution in [0.2, 0.25) is 0 Å². The number of benzene rings is 1. The van der Waals surface area contributed by atoms with Crippen LogP contribution in [0.3, 0.4) is 0 Å². The molecule has 0 heterocycles. The van der Waals surface area contributed by atoms with Gasteiger partial charge in [0.25, 0.3) is 0 Å². The molecule has 0 aromatic heterocycles. The van der Waals surface area contributed by atoms with Crippen LogP contribution in [0.1, 0.15) is 78.7 Å². The second-order valence-electron chi connectivity index (χ2n) is 7.74. The van der Waals surface area contributed by atoms with Gasteiger partial charge in [0.1, 0.15) is 0 Å². The van der Waals surface area contributed by atoms with Gasteiger partial charge in [-0.3, -0.25) is 0 Å². The first kappa shape index (κ1) is 22.2. The van der Waals surface area contributed by atoms with Gasteiger partial charge in [0.15, 0.2) is 0 Å². The highest BCUT2D eigenvalue weighted by molar-refractivity contribution is 5.19. The van der Waals surface area contributed by atoms with E-state index in [2.05, 4.69) is 89.3 Å². The van der Waals surface area contributed by atoms with E-state index < -0.39 is 0 Å². The lowest BCUT2D eigenvalue weighted by molar-refractivity contribution is 0.898. The van der Waals surface area contributed by atoms with Gasteiger partial charge in [-0.15, -0.1) is 0 Å². The predicted molar refractivity (Wildman–Crippen MR) is 119 cm³/mol. The summed E-state index contributed by atoms with van der Waals surface area (Å²) in [6.07, 6.45) is 17.6. The van der Waals surface area contributed by atoms with Gasteiger partial charge in [0.05, 0.1) is 0 Å². The topological polar surface area (TPSA) is 0 Å². The zero-order chi connectivity index (χ0) is 19.2. The van der Waals surface area contributed by atoms with Gasteiger partial charge in [-0.2, -0.15) is 0 Å². The van der Waals surface area contributed by atoms with Crippen LogP contribution in [0.25, 0.3) is 0 Å². The van der Waals surface area contributed by atoms with E-state index in [1.807, 2.05) is 0 Å². The summed E-state index contributed by atoms with van der Waals surface area (Å²) in [6, 6.07) is 10.7. The number of hydrogen-bond donors (Lipinski definition) is 0. The molecule has 0 fully saturated rings. The summed E-state index contributed by atoms with van der Waals surface area (Å²) in [5.74, 6) is 0. The second kappa shape index (κ2) is 13.4. The van der Waals surface area contributed by atoms with E-state index in [9.17, 15) is 0 Å². The van der Waals surface area contributed by atoms with E-state index in [0.717, 1.165) is 12.8 Å². The molecule has 0 bridgehead atoms. The summed E-state index contributed by atoms with van der Waals surface area (Å²) in [5.41, 5.74) is 7.35. The fourth-order valence-electron chi connectivity index (χ4n) is 2.89. The van der Waals surface area contributed by atoms with Crippen molar-refractivity contribution in [2.45, 2.75) is 79.6 Å². The maximum Gasteiger partial charge on any atom is -0.00949 e.